The fraction of sp³-hybridized carbons (Fsp3) is 0.583. The Balaban J connectivity index is 0.00000256. The van der Waals surface area contributed by atoms with Crippen molar-refractivity contribution in [3.8, 4) is 0 Å². The summed E-state index contributed by atoms with van der Waals surface area (Å²) in [6, 6.07) is 3.24. The van der Waals surface area contributed by atoms with Gasteiger partial charge < -0.3 is 15.1 Å². The van der Waals surface area contributed by atoms with Crippen molar-refractivity contribution < 1.29 is 9.21 Å². The molecule has 98 valence electrons. The number of amides is 1. The lowest BCUT2D eigenvalue weighted by atomic mass is 10.0. The van der Waals surface area contributed by atoms with Crippen molar-refractivity contribution in [1.82, 2.24) is 4.90 Å². The molecule has 2 N–H and O–H groups in total. The maximum absolute atomic E-state index is 11.9. The average Bonchev–Trinajstić information content (AvgIpc) is 2.68. The molecule has 4 nitrogen and oxygen atoms in total. The van der Waals surface area contributed by atoms with Crippen LogP contribution in [0.25, 0.3) is 0 Å². The summed E-state index contributed by atoms with van der Waals surface area (Å²) >= 11 is 0. The molecule has 1 amide bonds. The highest BCUT2D eigenvalue weighted by Gasteiger charge is 2.19. The first-order valence-corrected chi connectivity index (χ1v) is 5.53. The highest BCUT2D eigenvalue weighted by molar-refractivity contribution is 5.85. The van der Waals surface area contributed by atoms with Gasteiger partial charge >= 0.3 is 0 Å². The van der Waals surface area contributed by atoms with Gasteiger partial charge in [-0.15, -0.1) is 12.4 Å². The van der Waals surface area contributed by atoms with Crippen LogP contribution in [-0.4, -0.2) is 23.9 Å². The van der Waals surface area contributed by atoms with Crippen LogP contribution >= 0.6 is 12.4 Å². The number of hydrogen-bond donors (Lipinski definition) is 1. The van der Waals surface area contributed by atoms with E-state index in [1.807, 2.05) is 12.1 Å². The number of carbonyl (C=O) groups excluding carboxylic acids is 1. The molecular weight excluding hydrogens is 240 g/mol. The normalized spacial score (nSPS) is 12.1. The summed E-state index contributed by atoms with van der Waals surface area (Å²) in [4.78, 5) is 13.5. The van der Waals surface area contributed by atoms with Crippen LogP contribution in [0.3, 0.4) is 0 Å². The maximum atomic E-state index is 11.9. The molecule has 0 aliphatic heterocycles. The molecule has 1 aromatic rings. The predicted molar refractivity (Wildman–Crippen MR) is 69.9 cm³/mol. The minimum absolute atomic E-state index is 0. The van der Waals surface area contributed by atoms with Crippen LogP contribution in [0.15, 0.2) is 22.8 Å². The number of likely N-dealkylation sites (N-methyl/N-ethyl adjacent to an activating group) is 1. The SMILES string of the molecule is CC(C)CC(N)C(=O)N(C)Cc1ccco1.Cl. The summed E-state index contributed by atoms with van der Waals surface area (Å²) in [6.07, 6.45) is 2.31. The van der Waals surface area contributed by atoms with Crippen molar-refractivity contribution in [1.29, 1.82) is 0 Å². The van der Waals surface area contributed by atoms with E-state index in [4.69, 9.17) is 10.2 Å². The van der Waals surface area contributed by atoms with Gasteiger partial charge in [-0.05, 0) is 24.5 Å². The second kappa shape index (κ2) is 7.35. The zero-order valence-electron chi connectivity index (χ0n) is 10.6. The fourth-order valence-electron chi connectivity index (χ4n) is 1.61. The molecule has 0 aliphatic rings. The van der Waals surface area contributed by atoms with E-state index >= 15 is 0 Å². The number of furan rings is 1. The molecule has 0 aliphatic carbocycles. The van der Waals surface area contributed by atoms with Gasteiger partial charge in [0.1, 0.15) is 5.76 Å². The monoisotopic (exact) mass is 260 g/mol. The maximum Gasteiger partial charge on any atom is 0.239 e. The third-order valence-corrected chi connectivity index (χ3v) is 2.39. The molecule has 1 aromatic heterocycles. The molecule has 1 unspecified atom stereocenters. The number of nitrogens with zero attached hydrogens (tertiary/aromatic N) is 1. The van der Waals surface area contributed by atoms with Crippen molar-refractivity contribution in [2.24, 2.45) is 11.7 Å². The third kappa shape index (κ3) is 5.24. The van der Waals surface area contributed by atoms with Crippen molar-refractivity contribution in [3.63, 3.8) is 0 Å². The van der Waals surface area contributed by atoms with Crippen molar-refractivity contribution in [2.75, 3.05) is 7.05 Å². The molecule has 0 aromatic carbocycles. The zero-order chi connectivity index (χ0) is 12.1. The summed E-state index contributed by atoms with van der Waals surface area (Å²) in [7, 11) is 1.74. The van der Waals surface area contributed by atoms with Crippen LogP contribution in [0.2, 0.25) is 0 Å². The standard InChI is InChI=1S/C12H20N2O2.ClH/c1-9(2)7-11(13)12(15)14(3)8-10-5-4-6-16-10;/h4-6,9,11H,7-8,13H2,1-3H3;1H. The van der Waals surface area contributed by atoms with E-state index in [1.54, 1.807) is 18.2 Å². The van der Waals surface area contributed by atoms with Crippen LogP contribution in [0.1, 0.15) is 26.0 Å². The Morgan fingerprint density at radius 3 is 2.65 bits per heavy atom. The van der Waals surface area contributed by atoms with Crippen LogP contribution in [-0.2, 0) is 11.3 Å². The number of nitrogens with two attached hydrogens (primary N) is 1. The number of hydrogen-bond acceptors (Lipinski definition) is 3. The van der Waals surface area contributed by atoms with E-state index in [2.05, 4.69) is 13.8 Å². The van der Waals surface area contributed by atoms with Gasteiger partial charge in [0, 0.05) is 7.05 Å². The Morgan fingerprint density at radius 2 is 2.18 bits per heavy atom. The van der Waals surface area contributed by atoms with E-state index in [0.717, 1.165) is 5.76 Å². The Kier molecular flexibility index (Phi) is 6.92. The van der Waals surface area contributed by atoms with Gasteiger partial charge in [-0.1, -0.05) is 13.8 Å². The smallest absolute Gasteiger partial charge is 0.239 e. The van der Waals surface area contributed by atoms with Gasteiger partial charge in [0.15, 0.2) is 0 Å². The van der Waals surface area contributed by atoms with Crippen LogP contribution in [0.5, 0.6) is 0 Å². The summed E-state index contributed by atoms with van der Waals surface area (Å²) in [6.45, 7) is 4.58. The largest absolute Gasteiger partial charge is 0.467 e. The number of carbonyl (C=O) groups is 1. The van der Waals surface area contributed by atoms with Crippen LogP contribution < -0.4 is 5.73 Å². The second-order valence-electron chi connectivity index (χ2n) is 4.51. The fourth-order valence-corrected chi connectivity index (χ4v) is 1.61. The summed E-state index contributed by atoms with van der Waals surface area (Å²) < 4.78 is 5.18. The molecule has 1 atom stereocenters. The lowest BCUT2D eigenvalue weighted by Crippen LogP contribution is -2.42. The highest BCUT2D eigenvalue weighted by Crippen LogP contribution is 2.08. The highest BCUT2D eigenvalue weighted by atomic mass is 35.5. The van der Waals surface area contributed by atoms with Crippen molar-refractivity contribution >= 4 is 18.3 Å². The third-order valence-electron chi connectivity index (χ3n) is 2.39. The van der Waals surface area contributed by atoms with E-state index in [1.165, 1.54) is 0 Å². The van der Waals surface area contributed by atoms with E-state index in [9.17, 15) is 4.79 Å². The van der Waals surface area contributed by atoms with Gasteiger partial charge in [0.05, 0.1) is 18.8 Å². The average molecular weight is 261 g/mol. The minimum atomic E-state index is -0.417. The summed E-state index contributed by atoms with van der Waals surface area (Å²) in [5, 5.41) is 0. The Morgan fingerprint density at radius 1 is 1.53 bits per heavy atom. The molecule has 0 radical (unpaired) electrons. The predicted octanol–water partition coefficient (Wildman–Crippen LogP) is 2.03. The molecule has 0 saturated carbocycles. The topological polar surface area (TPSA) is 59.5 Å². The summed E-state index contributed by atoms with van der Waals surface area (Å²) in [5.74, 6) is 1.16. The number of rotatable bonds is 5. The minimum Gasteiger partial charge on any atom is -0.467 e. The summed E-state index contributed by atoms with van der Waals surface area (Å²) in [5.41, 5.74) is 5.83. The van der Waals surface area contributed by atoms with Gasteiger partial charge in [-0.3, -0.25) is 4.79 Å². The van der Waals surface area contributed by atoms with E-state index < -0.39 is 6.04 Å². The molecule has 0 saturated heterocycles. The van der Waals surface area contributed by atoms with Crippen LogP contribution in [0, 0.1) is 5.92 Å². The zero-order valence-corrected chi connectivity index (χ0v) is 11.4. The molecular formula is C12H21ClN2O2. The Labute approximate surface area is 109 Å². The van der Waals surface area contributed by atoms with Gasteiger partial charge in [-0.2, -0.15) is 0 Å². The lowest BCUT2D eigenvalue weighted by Gasteiger charge is -2.21. The molecule has 1 heterocycles. The van der Waals surface area contributed by atoms with E-state index in [-0.39, 0.29) is 18.3 Å². The second-order valence-corrected chi connectivity index (χ2v) is 4.51. The first-order chi connectivity index (χ1) is 7.50. The Bertz CT molecular complexity index is 325. The number of halogens is 1. The van der Waals surface area contributed by atoms with Crippen molar-refractivity contribution in [2.45, 2.75) is 32.9 Å². The van der Waals surface area contributed by atoms with E-state index in [0.29, 0.717) is 18.9 Å². The Hall–Kier alpha value is -1.00. The first kappa shape index (κ1) is 16.0. The van der Waals surface area contributed by atoms with Gasteiger partial charge in [-0.25, -0.2) is 0 Å². The lowest BCUT2D eigenvalue weighted by molar-refractivity contribution is -0.132. The van der Waals surface area contributed by atoms with Crippen LogP contribution in [0.4, 0.5) is 0 Å². The molecule has 1 rings (SSSR count). The molecule has 0 spiro atoms. The quantitative estimate of drug-likeness (QED) is 0.881. The van der Waals surface area contributed by atoms with Gasteiger partial charge in [0.25, 0.3) is 0 Å². The molecule has 0 fully saturated rings. The van der Waals surface area contributed by atoms with Crippen molar-refractivity contribution in [3.05, 3.63) is 24.2 Å². The first-order valence-electron chi connectivity index (χ1n) is 5.53. The molecule has 5 heteroatoms. The van der Waals surface area contributed by atoms with Gasteiger partial charge in [0.2, 0.25) is 5.91 Å². The molecule has 17 heavy (non-hydrogen) atoms. The molecule has 0 bridgehead atoms.